The summed E-state index contributed by atoms with van der Waals surface area (Å²) in [6, 6.07) is 4.47. The van der Waals surface area contributed by atoms with Crippen molar-refractivity contribution < 1.29 is 47.9 Å². The molecule has 0 fully saturated rings. The Balaban J connectivity index is 1.75. The molecule has 1 spiro atoms. The number of methoxy groups -OCH3 is 5. The number of rotatable bonds is 6. The number of allylic oxidation sites excluding steroid dienone is 2. The van der Waals surface area contributed by atoms with Crippen molar-refractivity contribution in [3.63, 3.8) is 0 Å². The number of ketones is 2. The highest BCUT2D eigenvalue weighted by molar-refractivity contribution is 6.36. The Labute approximate surface area is 246 Å². The fraction of sp³-hybridized carbons (Fsp3) is 0.367. The summed E-state index contributed by atoms with van der Waals surface area (Å²) in [5, 5.41) is 13.8. The van der Waals surface area contributed by atoms with Gasteiger partial charge in [-0.3, -0.25) is 9.59 Å². The van der Waals surface area contributed by atoms with E-state index in [0.29, 0.717) is 17.0 Å². The maximum atomic E-state index is 14.8. The maximum Gasteiger partial charge on any atom is 0.336 e. The van der Waals surface area contributed by atoms with Crippen molar-refractivity contribution in [3.8, 4) is 34.5 Å². The number of fused-ring (bicyclic) bond motifs is 1. The highest BCUT2D eigenvalue weighted by Crippen LogP contribution is 2.56. The molecule has 0 saturated carbocycles. The molecule has 222 valence electrons. The zero-order valence-corrected chi connectivity index (χ0v) is 24.8. The van der Waals surface area contributed by atoms with Crippen molar-refractivity contribution in [2.75, 3.05) is 35.5 Å². The van der Waals surface area contributed by atoms with Crippen LogP contribution in [0.1, 0.15) is 42.1 Å². The number of halogens is 1. The Morgan fingerprint density at radius 2 is 1.57 bits per heavy atom. The summed E-state index contributed by atoms with van der Waals surface area (Å²) in [5.41, 5.74) is -0.371. The molecule has 2 N–H and O–H groups in total. The van der Waals surface area contributed by atoms with E-state index in [1.54, 1.807) is 13.8 Å². The van der Waals surface area contributed by atoms with Gasteiger partial charge in [0.1, 0.15) is 22.1 Å². The molecule has 2 aliphatic heterocycles. The van der Waals surface area contributed by atoms with Crippen LogP contribution in [0.2, 0.25) is 5.02 Å². The molecule has 0 amide bonds. The van der Waals surface area contributed by atoms with Crippen molar-refractivity contribution >= 4 is 29.1 Å². The maximum absolute atomic E-state index is 14.8. The summed E-state index contributed by atoms with van der Waals surface area (Å²) < 4.78 is 33.0. The summed E-state index contributed by atoms with van der Waals surface area (Å²) in [6.07, 6.45) is 0.215. The van der Waals surface area contributed by atoms with Gasteiger partial charge >= 0.3 is 5.97 Å². The number of hydrogen-bond donors (Lipinski definition) is 2. The minimum Gasteiger partial charge on any atom is -0.502 e. The van der Waals surface area contributed by atoms with Crippen LogP contribution in [0, 0.1) is 5.92 Å². The molecular weight excluding hydrogens is 570 g/mol. The molecule has 2 aromatic rings. The van der Waals surface area contributed by atoms with E-state index in [9.17, 15) is 19.5 Å². The lowest BCUT2D eigenvalue weighted by molar-refractivity contribution is -0.136. The Morgan fingerprint density at radius 3 is 2.12 bits per heavy atom. The van der Waals surface area contributed by atoms with Gasteiger partial charge in [-0.25, -0.2) is 4.79 Å². The van der Waals surface area contributed by atoms with Gasteiger partial charge in [0.05, 0.1) is 41.1 Å². The van der Waals surface area contributed by atoms with Crippen LogP contribution in [-0.2, 0) is 14.3 Å². The molecule has 11 nitrogen and oxygen atoms in total. The van der Waals surface area contributed by atoms with E-state index in [1.807, 2.05) is 0 Å². The highest BCUT2D eigenvalue weighted by atomic mass is 35.5. The normalized spacial score (nSPS) is 22.8. The lowest BCUT2D eigenvalue weighted by Crippen LogP contribution is -2.58. The molecule has 2 heterocycles. The Hall–Kier alpha value is -4.38. The van der Waals surface area contributed by atoms with Crippen LogP contribution in [0.15, 0.2) is 40.7 Å². The zero-order chi connectivity index (χ0) is 30.7. The predicted octanol–water partition coefficient (Wildman–Crippen LogP) is 4.09. The Morgan fingerprint density at radius 1 is 0.976 bits per heavy atom. The van der Waals surface area contributed by atoms with Gasteiger partial charge in [0.25, 0.3) is 0 Å². The van der Waals surface area contributed by atoms with Crippen LogP contribution in [0.5, 0.6) is 34.5 Å². The first-order chi connectivity index (χ1) is 20.0. The number of carbonyl (C=O) groups is 3. The summed E-state index contributed by atoms with van der Waals surface area (Å²) in [7, 11) is 6.76. The van der Waals surface area contributed by atoms with Gasteiger partial charge < -0.3 is 38.8 Å². The van der Waals surface area contributed by atoms with E-state index in [1.165, 1.54) is 53.7 Å². The quantitative estimate of drug-likeness (QED) is 0.366. The van der Waals surface area contributed by atoms with E-state index in [-0.39, 0.29) is 62.7 Å². The smallest absolute Gasteiger partial charge is 0.336 e. The standard InChI is InChI=1S/C30H30ClNO10/c1-12-8-15-22(27(34)30(12)28(35)23-16(37-3)11-17(38-4)24(31)26(23)42-30)21(20(13(2)32-15)29(36)41-7)14-9-18(39-5)25(33)19(10-14)40-6/h9-12,21,32-33H,8H2,1-7H3/t12-,21-,30+/m1/s1. The first kappa shape index (κ1) is 29.1. The Bertz CT molecular complexity index is 1580. The molecular formula is C30H30ClNO10. The second-order valence-corrected chi connectivity index (χ2v) is 10.5. The summed E-state index contributed by atoms with van der Waals surface area (Å²) in [4.78, 5) is 42.3. The molecule has 2 aromatic carbocycles. The van der Waals surface area contributed by atoms with Crippen LogP contribution in [0.4, 0.5) is 0 Å². The largest absolute Gasteiger partial charge is 0.502 e. The molecule has 0 radical (unpaired) electrons. The fourth-order valence-corrected chi connectivity index (χ4v) is 6.33. The Kier molecular flexibility index (Phi) is 7.26. The predicted molar refractivity (Wildman–Crippen MR) is 150 cm³/mol. The zero-order valence-electron chi connectivity index (χ0n) is 24.1. The third kappa shape index (κ3) is 3.90. The first-order valence-corrected chi connectivity index (χ1v) is 13.3. The summed E-state index contributed by atoms with van der Waals surface area (Å²) in [5.74, 6) is -3.47. The van der Waals surface area contributed by atoms with E-state index in [0.717, 1.165) is 0 Å². The number of dihydropyridines is 1. The van der Waals surface area contributed by atoms with Gasteiger partial charge in [-0.1, -0.05) is 18.5 Å². The van der Waals surface area contributed by atoms with Gasteiger partial charge in [-0.2, -0.15) is 0 Å². The third-order valence-corrected chi connectivity index (χ3v) is 8.45. The molecule has 12 heteroatoms. The number of benzene rings is 2. The summed E-state index contributed by atoms with van der Waals surface area (Å²) in [6.45, 7) is 3.43. The third-order valence-electron chi connectivity index (χ3n) is 8.09. The van der Waals surface area contributed by atoms with E-state index < -0.39 is 35.0 Å². The second-order valence-electron chi connectivity index (χ2n) is 10.2. The van der Waals surface area contributed by atoms with Crippen LogP contribution in [-0.4, -0.2) is 63.8 Å². The fourth-order valence-electron chi connectivity index (χ4n) is 6.07. The van der Waals surface area contributed by atoms with Gasteiger partial charge in [0, 0.05) is 34.9 Å². The molecule has 0 bridgehead atoms. The molecule has 5 rings (SSSR count). The van der Waals surface area contributed by atoms with E-state index in [4.69, 9.17) is 40.0 Å². The van der Waals surface area contributed by atoms with Crippen molar-refractivity contribution in [3.05, 3.63) is 56.9 Å². The number of phenolic OH excluding ortho intramolecular Hbond substituents is 1. The molecule has 3 aliphatic rings. The topological polar surface area (TPSA) is 139 Å². The van der Waals surface area contributed by atoms with Crippen molar-refractivity contribution in [1.82, 2.24) is 5.32 Å². The minimum atomic E-state index is -2.01. The summed E-state index contributed by atoms with van der Waals surface area (Å²) >= 11 is 6.58. The van der Waals surface area contributed by atoms with Crippen LogP contribution >= 0.6 is 11.6 Å². The van der Waals surface area contributed by atoms with E-state index >= 15 is 0 Å². The molecule has 1 aliphatic carbocycles. The molecule has 0 unspecified atom stereocenters. The van der Waals surface area contributed by atoms with Gasteiger partial charge in [-0.05, 0) is 31.0 Å². The number of phenols is 1. The lowest BCUT2D eigenvalue weighted by Gasteiger charge is -2.42. The SMILES string of the molecule is COC(=O)C1=C(C)NC2=C(C(=O)[C@@]3(Oc4c(Cl)c(OC)cc(OC)c4C3=O)[C@H](C)C2)[C@@H]1c1cc(OC)c(O)c(OC)c1. The van der Waals surface area contributed by atoms with Crippen LogP contribution in [0.25, 0.3) is 0 Å². The molecule has 0 aromatic heterocycles. The lowest BCUT2D eigenvalue weighted by atomic mass is 9.65. The first-order valence-electron chi connectivity index (χ1n) is 13.0. The van der Waals surface area contributed by atoms with E-state index in [2.05, 4.69) is 5.32 Å². The van der Waals surface area contributed by atoms with Gasteiger partial charge in [-0.15, -0.1) is 0 Å². The monoisotopic (exact) mass is 599 g/mol. The number of carbonyl (C=O) groups excluding carboxylic acids is 3. The average Bonchev–Trinajstić information content (AvgIpc) is 3.30. The van der Waals surface area contributed by atoms with Crippen molar-refractivity contribution in [2.24, 2.45) is 5.92 Å². The second kappa shape index (κ2) is 10.5. The molecule has 3 atom stereocenters. The van der Waals surface area contributed by atoms with Crippen LogP contribution in [0.3, 0.4) is 0 Å². The average molecular weight is 600 g/mol. The van der Waals surface area contributed by atoms with Gasteiger partial charge in [0.2, 0.25) is 22.9 Å². The number of Topliss-reactive ketones (excluding diaryl/α,β-unsaturated/α-hetero) is 2. The highest BCUT2D eigenvalue weighted by Gasteiger charge is 2.63. The number of aromatic hydroxyl groups is 1. The molecule has 0 saturated heterocycles. The number of nitrogens with one attached hydrogen (secondary N) is 1. The molecule has 42 heavy (non-hydrogen) atoms. The van der Waals surface area contributed by atoms with Crippen LogP contribution < -0.4 is 29.0 Å². The number of esters is 1. The minimum absolute atomic E-state index is 0.0182. The van der Waals surface area contributed by atoms with Crippen molar-refractivity contribution in [1.29, 1.82) is 0 Å². The van der Waals surface area contributed by atoms with Crippen molar-refractivity contribution in [2.45, 2.75) is 31.8 Å². The van der Waals surface area contributed by atoms with Gasteiger partial charge in [0.15, 0.2) is 17.2 Å². The number of hydrogen-bond acceptors (Lipinski definition) is 11. The number of ether oxygens (including phenoxy) is 6.